The number of hydrogen-bond donors (Lipinski definition) is 24. The lowest BCUT2D eigenvalue weighted by atomic mass is 9.88. The van der Waals surface area contributed by atoms with Crippen molar-refractivity contribution in [2.24, 2.45) is 0 Å². The van der Waals surface area contributed by atoms with E-state index < -0.39 is 294 Å². The lowest BCUT2D eigenvalue weighted by molar-refractivity contribution is -0.365. The summed E-state index contributed by atoms with van der Waals surface area (Å²) in [6.07, 6.45) is -58.7. The molecule has 32 atom stereocenters. The quantitative estimate of drug-likeness (QED) is 0.0324. The summed E-state index contributed by atoms with van der Waals surface area (Å²) >= 11 is 0. The Balaban J connectivity index is 1.22. The van der Waals surface area contributed by atoms with Crippen LogP contribution >= 0.6 is 0 Å². The molecule has 45 heteroatoms. The highest BCUT2D eigenvalue weighted by Crippen LogP contribution is 2.39. The van der Waals surface area contributed by atoms with Crippen molar-refractivity contribution in [3.8, 4) is 0 Å². The standard InChI is InChI=1S/C50H82N4O40S/c1-13(57)51-25-17(61)5-49(47(76)77,93-41(25)29(65)19(63)7-55)84-10-22-32(68)36(72)37(73)45(89-22)91-39-24(12-86-95(80,81)82)90-44(27(34(39)70)53-15(3)59)83-9-21-31(67)35(71)38(74)46(88-21)92-40-28(54-16(4)60)43(75)87-23(33(40)69)11-85-50(48(78)79)6-18(62)26(52-14(2)58)42(94-50)30(66)20(64)8-56/h17-46,55-56,61-75H,5-12H2,1-4H3,(H,51,57)(H,52,58)(H,53,59)(H,54,60)(H,76,77)(H,78,79)(H,80,81,82)/t17-,18-,19+,20+,21+,22+,23+,24+,25+,26+,27+,28+,29+,30+,31-,32-,33-,34+,35-,36-,37+,38+,39+,40+,41+,42+,43?,44+,45-,46-,49+,50+/m0/s1. The molecule has 0 bridgehead atoms. The average molecular weight is 1410 g/mol. The van der Waals surface area contributed by atoms with Gasteiger partial charge in [0.25, 0.3) is 11.6 Å². The lowest BCUT2D eigenvalue weighted by Gasteiger charge is -2.49. The third-order valence-electron chi connectivity index (χ3n) is 16.2. The molecule has 0 aromatic rings. The Hall–Kier alpha value is -4.43. The van der Waals surface area contributed by atoms with E-state index in [0.29, 0.717) is 0 Å². The van der Waals surface area contributed by atoms with Crippen LogP contribution in [0.1, 0.15) is 40.5 Å². The molecule has 548 valence electrons. The maximum Gasteiger partial charge on any atom is 0.397 e. The fraction of sp³-hybridized carbons (Fsp3) is 0.880. The van der Waals surface area contributed by atoms with Gasteiger partial charge in [-0.15, -0.1) is 0 Å². The van der Waals surface area contributed by atoms with Crippen LogP contribution in [0.25, 0.3) is 0 Å². The van der Waals surface area contributed by atoms with Crippen LogP contribution < -0.4 is 21.3 Å². The lowest BCUT2D eigenvalue weighted by Crippen LogP contribution is -2.69. The highest BCUT2D eigenvalue weighted by Gasteiger charge is 2.61. The predicted molar refractivity (Wildman–Crippen MR) is 290 cm³/mol. The minimum absolute atomic E-state index is 0.825. The third-order valence-corrected chi connectivity index (χ3v) is 16.6. The molecule has 4 amide bonds. The van der Waals surface area contributed by atoms with E-state index in [9.17, 15) is 139 Å². The van der Waals surface area contributed by atoms with E-state index in [1.54, 1.807) is 0 Å². The fourth-order valence-corrected chi connectivity index (χ4v) is 11.7. The molecule has 6 rings (SSSR count). The summed E-state index contributed by atoms with van der Waals surface area (Å²) in [6, 6.07) is -7.14. The Labute approximate surface area is 536 Å². The van der Waals surface area contributed by atoms with Crippen molar-refractivity contribution in [3.63, 3.8) is 0 Å². The highest BCUT2D eigenvalue weighted by atomic mass is 32.3. The topological polar surface area (TPSA) is 700 Å². The van der Waals surface area contributed by atoms with Gasteiger partial charge >= 0.3 is 22.3 Å². The summed E-state index contributed by atoms with van der Waals surface area (Å²) in [4.78, 5) is 74.9. The van der Waals surface area contributed by atoms with Gasteiger partial charge in [0, 0.05) is 40.5 Å². The molecule has 6 aliphatic heterocycles. The molecule has 0 aromatic carbocycles. The van der Waals surface area contributed by atoms with Crippen LogP contribution in [0.15, 0.2) is 0 Å². The van der Waals surface area contributed by atoms with Crippen molar-refractivity contribution < 1.29 is 195 Å². The van der Waals surface area contributed by atoms with Crippen molar-refractivity contribution in [3.05, 3.63) is 0 Å². The van der Waals surface area contributed by atoms with Crippen LogP contribution in [-0.4, -0.2) is 380 Å². The average Bonchev–Trinajstić information content (AvgIpc) is 0.780. The maximum atomic E-state index is 12.9. The smallest absolute Gasteiger partial charge is 0.397 e. The van der Waals surface area contributed by atoms with Crippen molar-refractivity contribution in [2.75, 3.05) is 39.6 Å². The first-order valence-corrected chi connectivity index (χ1v) is 30.4. The van der Waals surface area contributed by atoms with Crippen LogP contribution in [-0.2, 0) is 95.5 Å². The van der Waals surface area contributed by atoms with Gasteiger partial charge < -0.3 is 170 Å². The summed E-state index contributed by atoms with van der Waals surface area (Å²) in [5, 5.41) is 215. The zero-order chi connectivity index (χ0) is 71.3. The van der Waals surface area contributed by atoms with Gasteiger partial charge in [-0.2, -0.15) is 8.42 Å². The molecular weight excluding hydrogens is 1330 g/mol. The minimum atomic E-state index is -5.46. The van der Waals surface area contributed by atoms with E-state index in [0.717, 1.165) is 27.7 Å². The Morgan fingerprint density at radius 1 is 0.474 bits per heavy atom. The second kappa shape index (κ2) is 33.2. The molecule has 1 unspecified atom stereocenters. The largest absolute Gasteiger partial charge is 0.477 e. The number of hydrogen-bond acceptors (Lipinski definition) is 37. The van der Waals surface area contributed by atoms with Crippen LogP contribution in [0.4, 0.5) is 0 Å². The number of carboxylic acid groups (broad SMARTS) is 2. The zero-order valence-corrected chi connectivity index (χ0v) is 51.3. The number of ether oxygens (including phenoxy) is 11. The Kier molecular flexibility index (Phi) is 27.8. The first-order valence-electron chi connectivity index (χ1n) is 29.0. The van der Waals surface area contributed by atoms with Crippen LogP contribution in [0, 0.1) is 0 Å². The molecule has 6 saturated heterocycles. The van der Waals surface area contributed by atoms with Gasteiger partial charge in [0.05, 0.1) is 63.9 Å². The number of amides is 4. The van der Waals surface area contributed by atoms with Gasteiger partial charge in [-0.1, -0.05) is 0 Å². The van der Waals surface area contributed by atoms with Gasteiger partial charge in [0.2, 0.25) is 23.6 Å². The SMILES string of the molecule is CC(=O)N[C@H]1[C@H](OC[C@H]2O[C@@H](O[C@H]3[C@@H](O)[C@@H](CO[C@]4(C(=O)O)C[C@H](O)[C@@H](NC(C)=O)[C@H]([C@H](O)[C@H](O)CO)O4)OC(O)[C@@H]3NC(C)=O)[C@H](O)[C@@H](O)[C@H]2O)O[C@H](COS(=O)(=O)O)[C@@H](O[C@@H]2O[C@H](CO[C@]3(C(=O)O)C[C@H](O)[C@@H](NC(C)=O)[C@H]([C@H](O)[C@H](O)CO)O3)[C@H](O)[C@H](O)[C@H]2O)[C@@H]1O. The molecular formula is C50H82N4O40S. The summed E-state index contributed by atoms with van der Waals surface area (Å²) < 4.78 is 100. The van der Waals surface area contributed by atoms with Crippen molar-refractivity contribution in [2.45, 2.75) is 236 Å². The summed E-state index contributed by atoms with van der Waals surface area (Å²) in [6.45, 7) is -3.41. The molecule has 6 fully saturated rings. The molecule has 95 heavy (non-hydrogen) atoms. The van der Waals surface area contributed by atoms with Crippen LogP contribution in [0.2, 0.25) is 0 Å². The Morgan fingerprint density at radius 3 is 1.25 bits per heavy atom. The van der Waals surface area contributed by atoms with E-state index in [2.05, 4.69) is 25.5 Å². The second-order valence-corrected chi connectivity index (χ2v) is 24.3. The van der Waals surface area contributed by atoms with E-state index >= 15 is 0 Å². The fourth-order valence-electron chi connectivity index (χ4n) is 11.3. The van der Waals surface area contributed by atoms with Gasteiger partial charge in [0.15, 0.2) is 25.2 Å². The van der Waals surface area contributed by atoms with E-state index in [1.807, 2.05) is 0 Å². The molecule has 0 aliphatic carbocycles. The number of aliphatic carboxylic acids is 2. The molecule has 6 heterocycles. The Bertz CT molecular complexity index is 2710. The first-order chi connectivity index (χ1) is 44.2. The first kappa shape index (κ1) is 79.6. The molecule has 44 nitrogen and oxygen atoms in total. The van der Waals surface area contributed by atoms with Crippen molar-refractivity contribution in [1.82, 2.24) is 21.3 Å². The van der Waals surface area contributed by atoms with Gasteiger partial charge in [-0.05, 0) is 0 Å². The zero-order valence-electron chi connectivity index (χ0n) is 50.5. The third kappa shape index (κ3) is 18.9. The molecule has 0 spiro atoms. The number of carbonyl (C=O) groups excluding carboxylic acids is 4. The number of nitrogens with one attached hydrogen (secondary N) is 4. The summed E-state index contributed by atoms with van der Waals surface area (Å²) in [7, 11) is -5.46. The normalized spacial score (nSPS) is 42.3. The van der Waals surface area contributed by atoms with Gasteiger partial charge in [-0.3, -0.25) is 23.7 Å². The number of carbonyl (C=O) groups is 6. The van der Waals surface area contributed by atoms with E-state index in [-0.39, 0.29) is 0 Å². The monoisotopic (exact) mass is 1410 g/mol. The molecule has 0 saturated carbocycles. The highest BCUT2D eigenvalue weighted by molar-refractivity contribution is 7.80. The summed E-state index contributed by atoms with van der Waals surface area (Å²) in [5.74, 6) is -13.8. The molecule has 0 aromatic heterocycles. The van der Waals surface area contributed by atoms with Crippen LogP contribution in [0.5, 0.6) is 0 Å². The molecule has 0 radical (unpaired) electrons. The number of aliphatic hydroxyl groups is 17. The predicted octanol–water partition coefficient (Wildman–Crippen LogP) is -15.3. The van der Waals surface area contributed by atoms with E-state index in [4.69, 9.17) is 52.1 Å². The van der Waals surface area contributed by atoms with Crippen LogP contribution in [0.3, 0.4) is 0 Å². The molecule has 24 N–H and O–H groups in total. The molecule has 6 aliphatic rings. The second-order valence-electron chi connectivity index (χ2n) is 23.2. The van der Waals surface area contributed by atoms with Gasteiger partial charge in [-0.25, -0.2) is 13.8 Å². The number of aliphatic hydroxyl groups excluding tert-OH is 17. The van der Waals surface area contributed by atoms with E-state index in [1.165, 1.54) is 0 Å². The van der Waals surface area contributed by atoms with Crippen molar-refractivity contribution in [1.29, 1.82) is 0 Å². The number of rotatable bonds is 28. The van der Waals surface area contributed by atoms with Gasteiger partial charge in [0.1, 0.15) is 134 Å². The number of carboxylic acids is 2. The minimum Gasteiger partial charge on any atom is -0.477 e. The Morgan fingerprint density at radius 2 is 0.853 bits per heavy atom. The van der Waals surface area contributed by atoms with Crippen molar-refractivity contribution >= 4 is 46.0 Å². The maximum absolute atomic E-state index is 12.9. The summed E-state index contributed by atoms with van der Waals surface area (Å²) in [5.41, 5.74) is 0.